The van der Waals surface area contributed by atoms with Crippen molar-refractivity contribution in [2.24, 2.45) is 11.8 Å². The Morgan fingerprint density at radius 3 is 2.57 bits per heavy atom. The van der Waals surface area contributed by atoms with Crippen LogP contribution in [-0.4, -0.2) is 31.6 Å². The van der Waals surface area contributed by atoms with E-state index < -0.39 is 9.84 Å². The summed E-state index contributed by atoms with van der Waals surface area (Å²) in [6.45, 7) is 2.17. The monoisotopic (exact) mass is 220 g/mol. The van der Waals surface area contributed by atoms with Gasteiger partial charge in [0.05, 0.1) is 11.9 Å². The second-order valence-corrected chi connectivity index (χ2v) is 6.92. The number of aliphatic hydroxyl groups is 1. The molecule has 0 aromatic heterocycles. The number of hydrogen-bond donors (Lipinski definition) is 1. The van der Waals surface area contributed by atoms with Crippen molar-refractivity contribution in [1.29, 1.82) is 0 Å². The Morgan fingerprint density at radius 2 is 2.00 bits per heavy atom. The quantitative estimate of drug-likeness (QED) is 0.778. The minimum absolute atomic E-state index is 0.188. The highest BCUT2D eigenvalue weighted by Gasteiger charge is 2.27. The van der Waals surface area contributed by atoms with Gasteiger partial charge in [-0.05, 0) is 37.5 Å². The molecule has 3 unspecified atom stereocenters. The molecule has 0 radical (unpaired) electrons. The molecule has 0 aromatic rings. The Bertz CT molecular complexity index is 271. The molecule has 1 fully saturated rings. The molecule has 0 aromatic carbocycles. The molecular formula is C10H20O3S. The van der Waals surface area contributed by atoms with E-state index in [1.54, 1.807) is 0 Å². The average Bonchev–Trinajstić information content (AvgIpc) is 2.05. The van der Waals surface area contributed by atoms with Crippen LogP contribution in [0.1, 0.15) is 32.6 Å². The molecule has 1 N–H and O–H groups in total. The summed E-state index contributed by atoms with van der Waals surface area (Å²) in [5.74, 6) is 1.03. The SMILES string of the molecule is CC1CCC(O)C(CCS(C)(=O)=O)C1. The van der Waals surface area contributed by atoms with E-state index in [0.717, 1.165) is 19.3 Å². The van der Waals surface area contributed by atoms with E-state index in [2.05, 4.69) is 6.92 Å². The van der Waals surface area contributed by atoms with E-state index in [4.69, 9.17) is 0 Å². The van der Waals surface area contributed by atoms with Crippen molar-refractivity contribution < 1.29 is 13.5 Å². The minimum Gasteiger partial charge on any atom is -0.393 e. The standard InChI is InChI=1S/C10H20O3S/c1-8-3-4-10(11)9(7-8)5-6-14(2,12)13/h8-11H,3-7H2,1-2H3. The van der Waals surface area contributed by atoms with Crippen molar-refractivity contribution in [1.82, 2.24) is 0 Å². The van der Waals surface area contributed by atoms with E-state index in [0.29, 0.717) is 12.3 Å². The molecule has 4 heteroatoms. The molecule has 0 amide bonds. The molecule has 84 valence electrons. The predicted molar refractivity (Wildman–Crippen MR) is 56.8 cm³/mol. The van der Waals surface area contributed by atoms with E-state index >= 15 is 0 Å². The van der Waals surface area contributed by atoms with Gasteiger partial charge < -0.3 is 5.11 Å². The van der Waals surface area contributed by atoms with Gasteiger partial charge in [0, 0.05) is 6.26 Å². The maximum absolute atomic E-state index is 11.0. The summed E-state index contributed by atoms with van der Waals surface area (Å²) in [5.41, 5.74) is 0. The summed E-state index contributed by atoms with van der Waals surface area (Å²) >= 11 is 0. The third kappa shape index (κ3) is 3.96. The molecule has 1 rings (SSSR count). The smallest absolute Gasteiger partial charge is 0.147 e. The normalized spacial score (nSPS) is 34.4. The summed E-state index contributed by atoms with van der Waals surface area (Å²) in [7, 11) is -2.88. The first-order chi connectivity index (χ1) is 6.38. The van der Waals surface area contributed by atoms with Crippen molar-refractivity contribution in [3.05, 3.63) is 0 Å². The van der Waals surface area contributed by atoms with Crippen LogP contribution < -0.4 is 0 Å². The van der Waals surface area contributed by atoms with Crippen LogP contribution in [0.3, 0.4) is 0 Å². The number of aliphatic hydroxyl groups excluding tert-OH is 1. The van der Waals surface area contributed by atoms with Crippen LogP contribution in [-0.2, 0) is 9.84 Å². The van der Waals surface area contributed by atoms with Crippen LogP contribution in [0.15, 0.2) is 0 Å². The Hall–Kier alpha value is -0.0900. The Kier molecular flexibility index (Phi) is 3.95. The maximum atomic E-state index is 11.0. The Labute approximate surface area is 86.4 Å². The van der Waals surface area contributed by atoms with Crippen LogP contribution in [0, 0.1) is 11.8 Å². The fraction of sp³-hybridized carbons (Fsp3) is 1.00. The second-order valence-electron chi connectivity index (χ2n) is 4.66. The molecule has 1 aliphatic carbocycles. The van der Waals surface area contributed by atoms with Gasteiger partial charge in [-0.2, -0.15) is 0 Å². The van der Waals surface area contributed by atoms with Gasteiger partial charge in [0.15, 0.2) is 0 Å². The molecule has 0 saturated heterocycles. The molecular weight excluding hydrogens is 200 g/mol. The van der Waals surface area contributed by atoms with Crippen LogP contribution in [0.25, 0.3) is 0 Å². The number of hydrogen-bond acceptors (Lipinski definition) is 3. The van der Waals surface area contributed by atoms with Gasteiger partial charge in [-0.3, -0.25) is 0 Å². The highest BCUT2D eigenvalue weighted by Crippen LogP contribution is 2.31. The second kappa shape index (κ2) is 4.62. The van der Waals surface area contributed by atoms with Crippen LogP contribution >= 0.6 is 0 Å². The maximum Gasteiger partial charge on any atom is 0.147 e. The molecule has 1 aliphatic rings. The summed E-state index contributed by atoms with van der Waals surface area (Å²) in [6.07, 6.45) is 4.45. The first-order valence-corrected chi connectivity index (χ1v) is 7.30. The zero-order chi connectivity index (χ0) is 10.8. The third-order valence-electron chi connectivity index (χ3n) is 3.06. The topological polar surface area (TPSA) is 54.4 Å². The van der Waals surface area contributed by atoms with Gasteiger partial charge in [0.25, 0.3) is 0 Å². The summed E-state index contributed by atoms with van der Waals surface area (Å²) < 4.78 is 22.0. The molecule has 0 spiro atoms. The molecule has 14 heavy (non-hydrogen) atoms. The van der Waals surface area contributed by atoms with Crippen molar-refractivity contribution in [3.8, 4) is 0 Å². The Balaban J connectivity index is 2.42. The van der Waals surface area contributed by atoms with Crippen molar-refractivity contribution in [2.75, 3.05) is 12.0 Å². The zero-order valence-electron chi connectivity index (χ0n) is 8.94. The third-order valence-corrected chi connectivity index (χ3v) is 4.04. The lowest BCUT2D eigenvalue weighted by atomic mass is 9.79. The van der Waals surface area contributed by atoms with Gasteiger partial charge in [-0.15, -0.1) is 0 Å². The number of rotatable bonds is 3. The van der Waals surface area contributed by atoms with Crippen molar-refractivity contribution in [2.45, 2.75) is 38.7 Å². The van der Waals surface area contributed by atoms with Crippen molar-refractivity contribution >= 4 is 9.84 Å². The van der Waals surface area contributed by atoms with E-state index in [-0.39, 0.29) is 17.8 Å². The fourth-order valence-corrected chi connectivity index (χ4v) is 2.89. The zero-order valence-corrected chi connectivity index (χ0v) is 9.76. The van der Waals surface area contributed by atoms with E-state index in [1.165, 1.54) is 6.26 Å². The van der Waals surface area contributed by atoms with Gasteiger partial charge in [-0.25, -0.2) is 8.42 Å². The lowest BCUT2D eigenvalue weighted by molar-refractivity contribution is 0.0503. The van der Waals surface area contributed by atoms with E-state index in [9.17, 15) is 13.5 Å². The van der Waals surface area contributed by atoms with Crippen molar-refractivity contribution in [3.63, 3.8) is 0 Å². The molecule has 0 heterocycles. The average molecular weight is 220 g/mol. The Morgan fingerprint density at radius 1 is 1.36 bits per heavy atom. The number of sulfone groups is 1. The predicted octanol–water partition coefficient (Wildman–Crippen LogP) is 1.22. The van der Waals surface area contributed by atoms with Gasteiger partial charge in [-0.1, -0.05) is 6.92 Å². The van der Waals surface area contributed by atoms with E-state index in [1.807, 2.05) is 0 Å². The van der Waals surface area contributed by atoms with Crippen LogP contribution in [0.5, 0.6) is 0 Å². The molecule has 1 saturated carbocycles. The summed E-state index contributed by atoms with van der Waals surface area (Å²) in [4.78, 5) is 0. The molecule has 0 bridgehead atoms. The lowest BCUT2D eigenvalue weighted by Gasteiger charge is -2.31. The lowest BCUT2D eigenvalue weighted by Crippen LogP contribution is -2.29. The highest BCUT2D eigenvalue weighted by atomic mass is 32.2. The summed E-state index contributed by atoms with van der Waals surface area (Å²) in [5, 5.41) is 9.69. The summed E-state index contributed by atoms with van der Waals surface area (Å²) in [6, 6.07) is 0. The molecule has 0 aliphatic heterocycles. The van der Waals surface area contributed by atoms with Gasteiger partial charge in [0.1, 0.15) is 9.84 Å². The first-order valence-electron chi connectivity index (χ1n) is 5.24. The fourth-order valence-electron chi connectivity index (χ4n) is 2.16. The molecule has 3 atom stereocenters. The minimum atomic E-state index is -2.88. The largest absolute Gasteiger partial charge is 0.393 e. The van der Waals surface area contributed by atoms with Crippen LogP contribution in [0.4, 0.5) is 0 Å². The van der Waals surface area contributed by atoms with Gasteiger partial charge in [0.2, 0.25) is 0 Å². The molecule has 3 nitrogen and oxygen atoms in total. The van der Waals surface area contributed by atoms with Gasteiger partial charge >= 0.3 is 0 Å². The van der Waals surface area contributed by atoms with Crippen LogP contribution in [0.2, 0.25) is 0 Å². The first kappa shape index (κ1) is 12.0. The highest BCUT2D eigenvalue weighted by molar-refractivity contribution is 7.90.